The molecule has 1 atom stereocenters. The summed E-state index contributed by atoms with van der Waals surface area (Å²) < 4.78 is 6.48. The molecule has 134 valence electrons. The van der Waals surface area contributed by atoms with E-state index in [0.717, 1.165) is 28.0 Å². The molecule has 1 aliphatic heterocycles. The van der Waals surface area contributed by atoms with Crippen LogP contribution in [0.5, 0.6) is 11.5 Å². The number of phenols is 1. The highest BCUT2D eigenvalue weighted by Gasteiger charge is 2.54. The number of rotatable bonds is 2. The Labute approximate surface area is 151 Å². The highest BCUT2D eigenvalue weighted by molar-refractivity contribution is 5.66. The maximum atomic E-state index is 10.7. The Morgan fingerprint density at radius 2 is 1.44 bits per heavy atom. The van der Waals surface area contributed by atoms with E-state index < -0.39 is 5.60 Å². The summed E-state index contributed by atoms with van der Waals surface area (Å²) in [6, 6.07) is 8.88. The van der Waals surface area contributed by atoms with Gasteiger partial charge in [-0.05, 0) is 75.3 Å². The first-order chi connectivity index (χ1) is 11.5. The van der Waals surface area contributed by atoms with Crippen LogP contribution in [0.1, 0.15) is 73.9 Å². The second-order valence-corrected chi connectivity index (χ2v) is 8.44. The lowest BCUT2D eigenvalue weighted by atomic mass is 9.65. The standard InChI is InChI=1S/C23H30O2/c1-13(2)17-9-11-18(12-10-17)23(8)19-16(5)20(24)14(3)15(4)21(19)25-22(23,6)7/h9-13,24H,1-8H3. The molecule has 0 bridgehead atoms. The van der Waals surface area contributed by atoms with E-state index in [-0.39, 0.29) is 5.41 Å². The van der Waals surface area contributed by atoms with Crippen LogP contribution in [-0.4, -0.2) is 10.7 Å². The van der Waals surface area contributed by atoms with Crippen molar-refractivity contribution in [1.29, 1.82) is 0 Å². The van der Waals surface area contributed by atoms with Crippen LogP contribution in [0.3, 0.4) is 0 Å². The molecule has 0 saturated carbocycles. The summed E-state index contributed by atoms with van der Waals surface area (Å²) in [6.45, 7) is 17.0. The van der Waals surface area contributed by atoms with Crippen molar-refractivity contribution in [3.63, 3.8) is 0 Å². The molecular weight excluding hydrogens is 308 g/mol. The Morgan fingerprint density at radius 1 is 0.880 bits per heavy atom. The van der Waals surface area contributed by atoms with E-state index in [1.165, 1.54) is 11.1 Å². The van der Waals surface area contributed by atoms with Crippen molar-refractivity contribution in [2.75, 3.05) is 0 Å². The molecule has 2 aromatic carbocycles. The van der Waals surface area contributed by atoms with Crippen LogP contribution < -0.4 is 4.74 Å². The maximum absolute atomic E-state index is 10.7. The molecule has 0 saturated heterocycles. The fraction of sp³-hybridized carbons (Fsp3) is 0.478. The van der Waals surface area contributed by atoms with E-state index in [9.17, 15) is 5.11 Å². The van der Waals surface area contributed by atoms with Crippen molar-refractivity contribution in [3.8, 4) is 11.5 Å². The second kappa shape index (κ2) is 5.52. The topological polar surface area (TPSA) is 29.5 Å². The van der Waals surface area contributed by atoms with Crippen LogP contribution in [0.4, 0.5) is 0 Å². The van der Waals surface area contributed by atoms with Crippen molar-refractivity contribution < 1.29 is 9.84 Å². The summed E-state index contributed by atoms with van der Waals surface area (Å²) in [6.07, 6.45) is 0. The van der Waals surface area contributed by atoms with Crippen LogP contribution in [0.25, 0.3) is 0 Å². The number of hydrogen-bond acceptors (Lipinski definition) is 2. The van der Waals surface area contributed by atoms with E-state index in [0.29, 0.717) is 11.7 Å². The van der Waals surface area contributed by atoms with Gasteiger partial charge in [0.05, 0.1) is 5.41 Å². The molecule has 2 aromatic rings. The predicted octanol–water partition coefficient (Wildman–Crippen LogP) is 5.92. The number of aromatic hydroxyl groups is 1. The van der Waals surface area contributed by atoms with Crippen LogP contribution in [0.15, 0.2) is 24.3 Å². The number of hydrogen-bond donors (Lipinski definition) is 1. The van der Waals surface area contributed by atoms with Gasteiger partial charge in [-0.3, -0.25) is 0 Å². The predicted molar refractivity (Wildman–Crippen MR) is 104 cm³/mol. The number of phenolic OH excluding ortho intramolecular Hbond substituents is 1. The number of ether oxygens (including phenoxy) is 1. The largest absolute Gasteiger partial charge is 0.507 e. The van der Waals surface area contributed by atoms with Crippen molar-refractivity contribution in [3.05, 3.63) is 57.6 Å². The van der Waals surface area contributed by atoms with E-state index in [1.54, 1.807) is 0 Å². The molecule has 3 rings (SSSR count). The summed E-state index contributed by atoms with van der Waals surface area (Å²) in [5.41, 5.74) is 5.84. The Hall–Kier alpha value is -1.96. The fourth-order valence-corrected chi connectivity index (χ4v) is 4.19. The van der Waals surface area contributed by atoms with Gasteiger partial charge >= 0.3 is 0 Å². The summed E-state index contributed by atoms with van der Waals surface area (Å²) in [5.74, 6) is 1.84. The normalized spacial score (nSPS) is 21.3. The van der Waals surface area contributed by atoms with Gasteiger partial charge in [-0.2, -0.15) is 0 Å². The Kier molecular flexibility index (Phi) is 3.94. The van der Waals surface area contributed by atoms with Gasteiger partial charge in [-0.1, -0.05) is 38.1 Å². The van der Waals surface area contributed by atoms with Gasteiger partial charge in [0.1, 0.15) is 17.1 Å². The third kappa shape index (κ3) is 2.30. The monoisotopic (exact) mass is 338 g/mol. The average Bonchev–Trinajstić information content (AvgIpc) is 2.79. The second-order valence-electron chi connectivity index (χ2n) is 8.44. The van der Waals surface area contributed by atoms with Crippen LogP contribution >= 0.6 is 0 Å². The molecular formula is C23H30O2. The van der Waals surface area contributed by atoms with Gasteiger partial charge in [0.15, 0.2) is 0 Å². The Bertz CT molecular complexity index is 828. The number of benzene rings is 2. The zero-order valence-electron chi connectivity index (χ0n) is 16.7. The molecule has 0 spiro atoms. The quantitative estimate of drug-likeness (QED) is 0.736. The molecule has 1 unspecified atom stereocenters. The zero-order chi connectivity index (χ0) is 18.7. The SMILES string of the molecule is Cc1c(C)c2c(c(C)c1O)C(C)(c1ccc(C(C)C)cc1)C(C)(C)O2. The van der Waals surface area contributed by atoms with Crippen molar-refractivity contribution >= 4 is 0 Å². The minimum atomic E-state index is -0.398. The first-order valence-corrected chi connectivity index (χ1v) is 9.15. The molecule has 2 nitrogen and oxygen atoms in total. The van der Waals surface area contributed by atoms with Gasteiger partial charge in [0.2, 0.25) is 0 Å². The van der Waals surface area contributed by atoms with E-state index in [4.69, 9.17) is 4.74 Å². The van der Waals surface area contributed by atoms with Crippen LogP contribution in [0, 0.1) is 20.8 Å². The van der Waals surface area contributed by atoms with E-state index in [2.05, 4.69) is 58.9 Å². The van der Waals surface area contributed by atoms with Crippen molar-refractivity contribution in [1.82, 2.24) is 0 Å². The lowest BCUT2D eigenvalue weighted by Crippen LogP contribution is -2.45. The molecule has 2 heteroatoms. The van der Waals surface area contributed by atoms with Crippen molar-refractivity contribution in [2.24, 2.45) is 0 Å². The molecule has 0 fully saturated rings. The molecule has 1 aliphatic rings. The maximum Gasteiger partial charge on any atom is 0.128 e. The average molecular weight is 338 g/mol. The molecule has 0 aliphatic carbocycles. The summed E-state index contributed by atoms with van der Waals surface area (Å²) >= 11 is 0. The molecule has 0 amide bonds. The summed E-state index contributed by atoms with van der Waals surface area (Å²) in [4.78, 5) is 0. The van der Waals surface area contributed by atoms with E-state index >= 15 is 0 Å². The third-order valence-corrected chi connectivity index (χ3v) is 6.43. The molecule has 25 heavy (non-hydrogen) atoms. The third-order valence-electron chi connectivity index (χ3n) is 6.43. The highest BCUT2D eigenvalue weighted by atomic mass is 16.5. The van der Waals surface area contributed by atoms with Gasteiger partial charge in [0, 0.05) is 5.56 Å². The van der Waals surface area contributed by atoms with E-state index in [1.807, 2.05) is 20.8 Å². The fourth-order valence-electron chi connectivity index (χ4n) is 4.19. The summed E-state index contributed by atoms with van der Waals surface area (Å²) in [5, 5.41) is 10.7. The number of fused-ring (bicyclic) bond motifs is 1. The highest BCUT2D eigenvalue weighted by Crippen LogP contribution is 2.57. The van der Waals surface area contributed by atoms with Gasteiger partial charge in [0.25, 0.3) is 0 Å². The molecule has 0 aromatic heterocycles. The van der Waals surface area contributed by atoms with Gasteiger partial charge in [-0.25, -0.2) is 0 Å². The van der Waals surface area contributed by atoms with Crippen LogP contribution in [0.2, 0.25) is 0 Å². The van der Waals surface area contributed by atoms with Gasteiger partial charge < -0.3 is 9.84 Å². The lowest BCUT2D eigenvalue weighted by Gasteiger charge is -2.38. The van der Waals surface area contributed by atoms with Crippen LogP contribution in [-0.2, 0) is 5.41 Å². The van der Waals surface area contributed by atoms with Gasteiger partial charge in [-0.15, -0.1) is 0 Å². The first-order valence-electron chi connectivity index (χ1n) is 9.15. The Balaban J connectivity index is 2.30. The smallest absolute Gasteiger partial charge is 0.128 e. The zero-order valence-corrected chi connectivity index (χ0v) is 16.7. The molecule has 0 radical (unpaired) electrons. The minimum absolute atomic E-state index is 0.322. The lowest BCUT2D eigenvalue weighted by molar-refractivity contribution is 0.0805. The van der Waals surface area contributed by atoms with Crippen molar-refractivity contribution in [2.45, 2.75) is 72.3 Å². The molecule has 1 N–H and O–H groups in total. The minimum Gasteiger partial charge on any atom is -0.507 e. The Morgan fingerprint density at radius 3 is 1.96 bits per heavy atom. The first kappa shape index (κ1) is 17.8. The summed E-state index contributed by atoms with van der Waals surface area (Å²) in [7, 11) is 0. The molecule has 1 heterocycles.